The minimum atomic E-state index is -0.107. The third-order valence-electron chi connectivity index (χ3n) is 2.68. The molecule has 1 rings (SSSR count). The molecule has 1 aromatic heterocycles. The van der Waals surface area contributed by atoms with Crippen molar-refractivity contribution >= 4 is 22.4 Å². The molecule has 0 aromatic carbocycles. The highest BCUT2D eigenvalue weighted by Gasteiger charge is 2.18. The summed E-state index contributed by atoms with van der Waals surface area (Å²) in [7, 11) is 0. The summed E-state index contributed by atoms with van der Waals surface area (Å²) in [6.07, 6.45) is 1.17. The monoisotopic (exact) mass is 283 g/mol. The molecule has 1 aromatic rings. The van der Waals surface area contributed by atoms with Crippen LogP contribution in [0.4, 0.5) is 5.13 Å². The Morgan fingerprint density at radius 1 is 1.47 bits per heavy atom. The number of aromatic nitrogens is 1. The van der Waals surface area contributed by atoms with E-state index in [1.54, 1.807) is 0 Å². The van der Waals surface area contributed by atoms with Gasteiger partial charge in [0.1, 0.15) is 0 Å². The summed E-state index contributed by atoms with van der Waals surface area (Å²) in [4.78, 5) is 16.2. The molecule has 0 radical (unpaired) electrons. The maximum absolute atomic E-state index is 11.9. The fourth-order valence-electron chi connectivity index (χ4n) is 1.88. The Bertz CT molecular complexity index is 421. The van der Waals surface area contributed by atoms with Crippen molar-refractivity contribution in [2.75, 3.05) is 5.32 Å². The van der Waals surface area contributed by atoms with Gasteiger partial charge >= 0.3 is 0 Å². The van der Waals surface area contributed by atoms with Crippen LogP contribution in [0.3, 0.4) is 0 Å². The molecule has 5 heteroatoms. The summed E-state index contributed by atoms with van der Waals surface area (Å²) < 4.78 is 0. The van der Waals surface area contributed by atoms with Crippen molar-refractivity contribution in [3.8, 4) is 0 Å². The molecule has 19 heavy (non-hydrogen) atoms. The standard InChI is InChI=1S/C14H25N3OS/c1-9(2)11-8-19-13(16-11)17-12(18)6-10(15)7-14(3,4)5/h8-10H,6-7,15H2,1-5H3,(H,16,17,18). The Morgan fingerprint density at radius 3 is 2.58 bits per heavy atom. The summed E-state index contributed by atoms with van der Waals surface area (Å²) in [6, 6.07) is -0.107. The van der Waals surface area contributed by atoms with Gasteiger partial charge in [0.25, 0.3) is 0 Å². The summed E-state index contributed by atoms with van der Waals surface area (Å²) in [6.45, 7) is 10.5. The van der Waals surface area contributed by atoms with Gasteiger partial charge in [-0.1, -0.05) is 34.6 Å². The molecule has 1 amide bonds. The Kier molecular flexibility index (Phi) is 5.50. The number of anilines is 1. The van der Waals surface area contributed by atoms with Crippen LogP contribution in [-0.2, 0) is 4.79 Å². The highest BCUT2D eigenvalue weighted by atomic mass is 32.1. The number of hydrogen-bond acceptors (Lipinski definition) is 4. The number of nitrogens with zero attached hydrogens (tertiary/aromatic N) is 1. The second-order valence-electron chi connectivity index (χ2n) is 6.51. The molecule has 0 saturated carbocycles. The lowest BCUT2D eigenvalue weighted by atomic mass is 9.87. The maximum Gasteiger partial charge on any atom is 0.227 e. The Balaban J connectivity index is 2.46. The first kappa shape index (κ1) is 16.1. The van der Waals surface area contributed by atoms with Crippen LogP contribution in [0.25, 0.3) is 0 Å². The van der Waals surface area contributed by atoms with Crippen LogP contribution in [0.5, 0.6) is 0 Å². The number of thiazole rings is 1. The Hall–Kier alpha value is -0.940. The number of nitrogens with two attached hydrogens (primary N) is 1. The van der Waals surface area contributed by atoms with Gasteiger partial charge < -0.3 is 11.1 Å². The average Bonchev–Trinajstić information content (AvgIpc) is 2.62. The van der Waals surface area contributed by atoms with Crippen molar-refractivity contribution < 1.29 is 4.79 Å². The molecular weight excluding hydrogens is 258 g/mol. The highest BCUT2D eigenvalue weighted by molar-refractivity contribution is 7.13. The third-order valence-corrected chi connectivity index (χ3v) is 3.46. The second kappa shape index (κ2) is 6.48. The quantitative estimate of drug-likeness (QED) is 0.870. The highest BCUT2D eigenvalue weighted by Crippen LogP contribution is 2.23. The summed E-state index contributed by atoms with van der Waals surface area (Å²) >= 11 is 1.46. The molecule has 1 heterocycles. The van der Waals surface area contributed by atoms with Gasteiger partial charge in [-0.15, -0.1) is 11.3 Å². The number of nitrogens with one attached hydrogen (secondary N) is 1. The van der Waals surface area contributed by atoms with E-state index in [0.29, 0.717) is 17.5 Å². The third kappa shape index (κ3) is 6.16. The molecule has 0 spiro atoms. The first-order chi connectivity index (χ1) is 8.67. The minimum Gasteiger partial charge on any atom is -0.327 e. The zero-order valence-corrected chi connectivity index (χ0v) is 13.3. The van der Waals surface area contributed by atoms with Crippen molar-refractivity contribution in [2.45, 2.75) is 59.4 Å². The van der Waals surface area contributed by atoms with E-state index in [1.165, 1.54) is 11.3 Å². The molecule has 0 aliphatic rings. The Labute approximate surface area is 119 Å². The van der Waals surface area contributed by atoms with Crippen LogP contribution >= 0.6 is 11.3 Å². The van der Waals surface area contributed by atoms with Gasteiger partial charge in [-0.3, -0.25) is 4.79 Å². The van der Waals surface area contributed by atoms with Gasteiger partial charge in [0.2, 0.25) is 5.91 Å². The van der Waals surface area contributed by atoms with Crippen molar-refractivity contribution in [1.82, 2.24) is 4.98 Å². The summed E-state index contributed by atoms with van der Waals surface area (Å²) in [5.74, 6) is 0.325. The van der Waals surface area contributed by atoms with Crippen LogP contribution in [0.1, 0.15) is 59.1 Å². The van der Waals surface area contributed by atoms with E-state index in [2.05, 4.69) is 44.9 Å². The van der Waals surface area contributed by atoms with E-state index in [0.717, 1.165) is 12.1 Å². The van der Waals surface area contributed by atoms with Crippen molar-refractivity contribution in [3.63, 3.8) is 0 Å². The van der Waals surface area contributed by atoms with Gasteiger partial charge in [-0.2, -0.15) is 0 Å². The summed E-state index contributed by atoms with van der Waals surface area (Å²) in [5.41, 5.74) is 7.15. The smallest absolute Gasteiger partial charge is 0.227 e. The number of rotatable bonds is 5. The molecule has 1 atom stereocenters. The minimum absolute atomic E-state index is 0.0543. The summed E-state index contributed by atoms with van der Waals surface area (Å²) in [5, 5.41) is 5.47. The lowest BCUT2D eigenvalue weighted by Gasteiger charge is -2.22. The maximum atomic E-state index is 11.9. The Morgan fingerprint density at radius 2 is 2.11 bits per heavy atom. The second-order valence-corrected chi connectivity index (χ2v) is 7.37. The molecule has 0 aliphatic carbocycles. The predicted octanol–water partition coefficient (Wildman–Crippen LogP) is 3.36. The van der Waals surface area contributed by atoms with Gasteiger partial charge in [-0.25, -0.2) is 4.98 Å². The van der Waals surface area contributed by atoms with Gasteiger partial charge in [-0.05, 0) is 17.8 Å². The van der Waals surface area contributed by atoms with E-state index in [1.807, 2.05) is 5.38 Å². The average molecular weight is 283 g/mol. The first-order valence-electron chi connectivity index (χ1n) is 6.68. The zero-order chi connectivity index (χ0) is 14.6. The van der Waals surface area contributed by atoms with Crippen LogP contribution in [0.15, 0.2) is 5.38 Å². The SMILES string of the molecule is CC(C)c1csc(NC(=O)CC(N)CC(C)(C)C)n1. The van der Waals surface area contributed by atoms with Crippen LogP contribution in [-0.4, -0.2) is 16.9 Å². The lowest BCUT2D eigenvalue weighted by Crippen LogP contribution is -2.31. The number of carbonyl (C=O) groups is 1. The van der Waals surface area contributed by atoms with Crippen LogP contribution in [0, 0.1) is 5.41 Å². The normalized spacial score (nSPS) is 13.6. The molecule has 1 unspecified atom stereocenters. The number of hydrogen-bond donors (Lipinski definition) is 2. The largest absolute Gasteiger partial charge is 0.327 e. The molecule has 3 N–H and O–H groups in total. The predicted molar refractivity (Wildman–Crippen MR) is 81.5 cm³/mol. The molecular formula is C14H25N3OS. The molecule has 0 aliphatic heterocycles. The fraction of sp³-hybridized carbons (Fsp3) is 0.714. The molecule has 4 nitrogen and oxygen atoms in total. The first-order valence-corrected chi connectivity index (χ1v) is 7.56. The van der Waals surface area contributed by atoms with Crippen molar-refractivity contribution in [1.29, 1.82) is 0 Å². The fourth-order valence-corrected chi connectivity index (χ4v) is 2.76. The van der Waals surface area contributed by atoms with Gasteiger partial charge in [0, 0.05) is 17.8 Å². The topological polar surface area (TPSA) is 68.0 Å². The lowest BCUT2D eigenvalue weighted by molar-refractivity contribution is -0.116. The van der Waals surface area contributed by atoms with E-state index >= 15 is 0 Å². The van der Waals surface area contributed by atoms with Crippen LogP contribution < -0.4 is 11.1 Å². The number of carbonyl (C=O) groups excluding carboxylic acids is 1. The molecule has 0 saturated heterocycles. The zero-order valence-electron chi connectivity index (χ0n) is 12.5. The van der Waals surface area contributed by atoms with Crippen molar-refractivity contribution in [2.24, 2.45) is 11.1 Å². The molecule has 0 bridgehead atoms. The van der Waals surface area contributed by atoms with E-state index in [9.17, 15) is 4.79 Å². The van der Waals surface area contributed by atoms with Gasteiger partial charge in [0.15, 0.2) is 5.13 Å². The van der Waals surface area contributed by atoms with Crippen molar-refractivity contribution in [3.05, 3.63) is 11.1 Å². The van der Waals surface area contributed by atoms with E-state index in [-0.39, 0.29) is 17.4 Å². The molecule has 108 valence electrons. The number of amides is 1. The molecule has 0 fully saturated rings. The van der Waals surface area contributed by atoms with Gasteiger partial charge in [0.05, 0.1) is 5.69 Å². The van der Waals surface area contributed by atoms with Crippen LogP contribution in [0.2, 0.25) is 0 Å². The van der Waals surface area contributed by atoms with E-state index < -0.39 is 0 Å². The van der Waals surface area contributed by atoms with E-state index in [4.69, 9.17) is 5.73 Å².